The fraction of sp³-hybridized carbons (Fsp3) is 0.385. The van der Waals surface area contributed by atoms with Gasteiger partial charge in [-0.15, -0.1) is 10.2 Å². The molecule has 40 heavy (non-hydrogen) atoms. The third-order valence-corrected chi connectivity index (χ3v) is 8.71. The maximum absolute atomic E-state index is 13.9. The highest BCUT2D eigenvalue weighted by Gasteiger charge is 2.37. The molecule has 5 heterocycles. The first-order chi connectivity index (χ1) is 19.2. The molecule has 1 aliphatic heterocycles. The molecule has 0 aromatic carbocycles. The Labute approximate surface area is 236 Å². The van der Waals surface area contributed by atoms with Gasteiger partial charge in [-0.3, -0.25) is 9.55 Å². The summed E-state index contributed by atoms with van der Waals surface area (Å²) in [4.78, 5) is 17.0. The van der Waals surface area contributed by atoms with Crippen molar-refractivity contribution in [3.8, 4) is 23.0 Å². The highest BCUT2D eigenvalue weighted by atomic mass is 35.5. The summed E-state index contributed by atoms with van der Waals surface area (Å²) in [5.74, 6) is 1.17. The number of ether oxygens (including phenoxy) is 3. The van der Waals surface area contributed by atoms with Crippen LogP contribution in [0, 0.1) is 0 Å². The number of pyridine rings is 2. The number of sulfone groups is 1. The van der Waals surface area contributed by atoms with Crippen molar-refractivity contribution < 1.29 is 22.6 Å². The van der Waals surface area contributed by atoms with E-state index in [1.165, 1.54) is 19.5 Å². The lowest BCUT2D eigenvalue weighted by Crippen LogP contribution is -2.32. The fourth-order valence-corrected chi connectivity index (χ4v) is 6.00. The number of halogens is 1. The summed E-state index contributed by atoms with van der Waals surface area (Å²) < 4.78 is 47.2. The second kappa shape index (κ2) is 11.4. The second-order valence-electron chi connectivity index (χ2n) is 9.50. The maximum Gasteiger partial charge on any atom is 0.257 e. The zero-order valence-electron chi connectivity index (χ0n) is 22.3. The number of fused-ring (bicyclic) bond motifs is 3. The van der Waals surface area contributed by atoms with Crippen molar-refractivity contribution in [2.24, 2.45) is 0 Å². The van der Waals surface area contributed by atoms with Crippen LogP contribution in [0.15, 0.2) is 49.2 Å². The Morgan fingerprint density at radius 1 is 1.10 bits per heavy atom. The van der Waals surface area contributed by atoms with Crippen LogP contribution >= 0.6 is 11.6 Å². The first-order valence-electron chi connectivity index (χ1n) is 12.5. The molecule has 0 aliphatic carbocycles. The van der Waals surface area contributed by atoms with E-state index < -0.39 is 33.0 Å². The Hall–Kier alpha value is -3.68. The van der Waals surface area contributed by atoms with Gasteiger partial charge in [0.2, 0.25) is 0 Å². The van der Waals surface area contributed by atoms with Crippen LogP contribution in [0.3, 0.4) is 0 Å². The smallest absolute Gasteiger partial charge is 0.257 e. The molecule has 4 aromatic heterocycles. The van der Waals surface area contributed by atoms with Crippen LogP contribution in [0.25, 0.3) is 11.4 Å². The van der Waals surface area contributed by atoms with Crippen molar-refractivity contribution in [3.05, 3.63) is 71.4 Å². The van der Waals surface area contributed by atoms with Gasteiger partial charge in [-0.1, -0.05) is 17.7 Å². The van der Waals surface area contributed by atoms with Crippen LogP contribution in [0.4, 0.5) is 0 Å². The van der Waals surface area contributed by atoms with Gasteiger partial charge in [-0.05, 0) is 38.5 Å². The van der Waals surface area contributed by atoms with E-state index in [1.807, 2.05) is 19.9 Å². The molecule has 210 valence electrons. The van der Waals surface area contributed by atoms with Crippen LogP contribution in [-0.4, -0.2) is 68.2 Å². The molecular weight excluding hydrogens is 558 g/mol. The normalized spacial score (nSPS) is 16.4. The van der Waals surface area contributed by atoms with Gasteiger partial charge in [0.1, 0.15) is 24.3 Å². The number of hydrogen-bond acceptors (Lipinski definition) is 11. The zero-order valence-corrected chi connectivity index (χ0v) is 23.9. The fourth-order valence-electron chi connectivity index (χ4n) is 4.52. The van der Waals surface area contributed by atoms with Gasteiger partial charge in [0, 0.05) is 31.0 Å². The molecule has 1 aliphatic rings. The highest BCUT2D eigenvalue weighted by molar-refractivity contribution is 7.91. The van der Waals surface area contributed by atoms with E-state index >= 15 is 0 Å². The third kappa shape index (κ3) is 5.49. The lowest BCUT2D eigenvalue weighted by molar-refractivity contribution is 0.00142. The van der Waals surface area contributed by atoms with E-state index in [1.54, 1.807) is 42.2 Å². The minimum absolute atomic E-state index is 0.145. The molecule has 14 heteroatoms. The van der Waals surface area contributed by atoms with Gasteiger partial charge >= 0.3 is 0 Å². The van der Waals surface area contributed by atoms with Gasteiger partial charge in [-0.2, -0.15) is 0 Å². The summed E-state index contributed by atoms with van der Waals surface area (Å²) in [7, 11) is -2.38. The van der Waals surface area contributed by atoms with Crippen molar-refractivity contribution in [3.63, 3.8) is 0 Å². The summed E-state index contributed by atoms with van der Waals surface area (Å²) >= 11 is 5.96. The van der Waals surface area contributed by atoms with Crippen molar-refractivity contribution in [1.29, 1.82) is 0 Å². The number of rotatable bonds is 9. The van der Waals surface area contributed by atoms with Gasteiger partial charge in [0.25, 0.3) is 5.88 Å². The largest absolute Gasteiger partial charge is 0.485 e. The van der Waals surface area contributed by atoms with E-state index in [2.05, 4.69) is 30.1 Å². The average molecular weight is 586 g/mol. The van der Waals surface area contributed by atoms with Crippen molar-refractivity contribution in [2.75, 3.05) is 13.7 Å². The number of aromatic nitrogens is 7. The van der Waals surface area contributed by atoms with Gasteiger partial charge in [-0.25, -0.2) is 23.4 Å². The van der Waals surface area contributed by atoms with Crippen LogP contribution in [0.1, 0.15) is 50.1 Å². The summed E-state index contributed by atoms with van der Waals surface area (Å²) in [6.45, 7) is 5.36. The van der Waals surface area contributed by atoms with Crippen LogP contribution in [0.5, 0.6) is 11.6 Å². The molecule has 12 nitrogen and oxygen atoms in total. The first kappa shape index (κ1) is 27.9. The van der Waals surface area contributed by atoms with E-state index in [9.17, 15) is 8.42 Å². The lowest BCUT2D eigenvalue weighted by atomic mass is 10.1. The van der Waals surface area contributed by atoms with Crippen LogP contribution in [-0.2, 0) is 20.3 Å². The lowest BCUT2D eigenvalue weighted by Gasteiger charge is -2.25. The number of methoxy groups -OCH3 is 1. The Balaban J connectivity index is 1.57. The number of hydrogen-bond donors (Lipinski definition) is 0. The Kier molecular flexibility index (Phi) is 7.97. The van der Waals surface area contributed by atoms with Crippen molar-refractivity contribution in [1.82, 2.24) is 34.7 Å². The quantitative estimate of drug-likeness (QED) is 0.284. The molecule has 0 fully saturated rings. The predicted molar refractivity (Wildman–Crippen MR) is 146 cm³/mol. The molecule has 0 unspecified atom stereocenters. The van der Waals surface area contributed by atoms with Gasteiger partial charge in [0.15, 0.2) is 27.2 Å². The standard InChI is InChI=1S/C26H28ClN7O5S/c1-15(2)39-22(24-30-11-18(27)12-31-24)16(3)40(35,36)14-21-32-33-25-19-7-9-29-26(37-4)23(19)38-13-20(34(21)25)17-6-5-8-28-10-17/h5-12,15-16,20,22H,13-14H2,1-4H3/t16-,20+,22+/m0/s1. The topological polar surface area (TPSA) is 144 Å². The van der Waals surface area contributed by atoms with Crippen molar-refractivity contribution >= 4 is 21.4 Å². The summed E-state index contributed by atoms with van der Waals surface area (Å²) in [6.07, 6.45) is 6.56. The molecular formula is C26H28ClN7O5S. The molecule has 3 atom stereocenters. The molecule has 0 saturated carbocycles. The molecule has 0 saturated heterocycles. The van der Waals surface area contributed by atoms with E-state index in [0.717, 1.165) is 5.56 Å². The van der Waals surface area contributed by atoms with Gasteiger partial charge in [0.05, 0.1) is 35.1 Å². The maximum atomic E-state index is 13.9. The third-order valence-electron chi connectivity index (χ3n) is 6.48. The van der Waals surface area contributed by atoms with E-state index in [-0.39, 0.29) is 24.4 Å². The summed E-state index contributed by atoms with van der Waals surface area (Å²) in [5, 5.41) is 8.08. The molecule has 0 N–H and O–H groups in total. The minimum Gasteiger partial charge on any atom is -0.485 e. The SMILES string of the molecule is COc1nccc2c1OC[C@H](c1cccnc1)n1c(CS(=O)(=O)[C@@H](C)[C@@H](OC(C)C)c3ncc(Cl)cn3)nnc1-2. The Morgan fingerprint density at radius 3 is 2.55 bits per heavy atom. The molecule has 0 spiro atoms. The van der Waals surface area contributed by atoms with E-state index in [4.69, 9.17) is 25.8 Å². The summed E-state index contributed by atoms with van der Waals surface area (Å²) in [5.41, 5.74) is 1.38. The molecule has 5 rings (SSSR count). The molecule has 0 amide bonds. The molecule has 4 aromatic rings. The minimum atomic E-state index is -3.88. The van der Waals surface area contributed by atoms with Crippen LogP contribution in [0.2, 0.25) is 5.02 Å². The average Bonchev–Trinajstić information content (AvgIpc) is 3.26. The Morgan fingerprint density at radius 2 is 1.88 bits per heavy atom. The Bertz CT molecular complexity index is 1580. The van der Waals surface area contributed by atoms with Crippen molar-refractivity contribution in [2.45, 2.75) is 50.0 Å². The first-order valence-corrected chi connectivity index (χ1v) is 14.6. The predicted octanol–water partition coefficient (Wildman–Crippen LogP) is 3.64. The summed E-state index contributed by atoms with van der Waals surface area (Å²) in [6, 6.07) is 4.95. The monoisotopic (exact) mass is 585 g/mol. The molecule has 0 bridgehead atoms. The number of nitrogens with zero attached hydrogens (tertiary/aromatic N) is 7. The highest BCUT2D eigenvalue weighted by Crippen LogP contribution is 2.41. The van der Waals surface area contributed by atoms with Crippen LogP contribution < -0.4 is 9.47 Å². The zero-order chi connectivity index (χ0) is 28.4. The second-order valence-corrected chi connectivity index (χ2v) is 12.3. The van der Waals surface area contributed by atoms with E-state index in [0.29, 0.717) is 28.0 Å². The molecule has 0 radical (unpaired) electrons. The van der Waals surface area contributed by atoms with Gasteiger partial charge < -0.3 is 14.2 Å².